The largest absolute Gasteiger partial charge is 0.491 e. The van der Waals surface area contributed by atoms with E-state index in [-0.39, 0.29) is 0 Å². The van der Waals surface area contributed by atoms with Crippen molar-refractivity contribution in [2.45, 2.75) is 71.6 Å². The summed E-state index contributed by atoms with van der Waals surface area (Å²) in [5.41, 5.74) is 6.99. The Morgan fingerprint density at radius 2 is 2.10 bits per heavy atom. The van der Waals surface area contributed by atoms with Crippen molar-refractivity contribution in [1.29, 1.82) is 0 Å². The Kier molecular flexibility index (Phi) is 6.93. The second-order valence-electron chi connectivity index (χ2n) is 8.56. The second kappa shape index (κ2) is 10.0. The van der Waals surface area contributed by atoms with Crippen molar-refractivity contribution >= 4 is 11.8 Å². The molecule has 2 aromatic heterocycles. The van der Waals surface area contributed by atoms with Crippen molar-refractivity contribution in [3.63, 3.8) is 0 Å². The zero-order chi connectivity index (χ0) is 20.8. The average Bonchev–Trinajstić information content (AvgIpc) is 3.49. The molecule has 4 rings (SSSR count). The standard InChI is InChI=1S/C26H35N3O/c1-3-5-6-7-10-19-11-8-12-22-21(19)16-20(28-22)17-25-26(30-15-4-2)18-24(29-25)23-13-9-14-27-23/h9,13-14,16-19,27,29H,3-8,10-12,15H2,1-2H3. The van der Waals surface area contributed by atoms with Gasteiger partial charge in [-0.2, -0.15) is 0 Å². The first-order valence-corrected chi connectivity index (χ1v) is 11.8. The van der Waals surface area contributed by atoms with E-state index in [0.29, 0.717) is 12.5 Å². The number of unbranched alkanes of at least 4 members (excludes halogenated alkanes) is 3. The Balaban J connectivity index is 1.55. The van der Waals surface area contributed by atoms with Crippen LogP contribution >= 0.6 is 0 Å². The van der Waals surface area contributed by atoms with Gasteiger partial charge in [0.15, 0.2) is 0 Å². The first-order chi connectivity index (χ1) is 14.8. The summed E-state index contributed by atoms with van der Waals surface area (Å²) in [5.74, 6) is 1.59. The van der Waals surface area contributed by atoms with Crippen LogP contribution in [0.5, 0.6) is 5.75 Å². The van der Waals surface area contributed by atoms with Crippen molar-refractivity contribution in [1.82, 2.24) is 9.97 Å². The summed E-state index contributed by atoms with van der Waals surface area (Å²) in [6.45, 7) is 5.13. The van der Waals surface area contributed by atoms with Crippen LogP contribution in [-0.4, -0.2) is 22.3 Å². The van der Waals surface area contributed by atoms with Crippen LogP contribution in [0.4, 0.5) is 0 Å². The number of H-pyrrole nitrogens is 2. The lowest BCUT2D eigenvalue weighted by atomic mass is 9.80. The molecule has 0 radical (unpaired) electrons. The van der Waals surface area contributed by atoms with Crippen LogP contribution in [0, 0.1) is 5.92 Å². The molecule has 0 bridgehead atoms. The van der Waals surface area contributed by atoms with Crippen molar-refractivity contribution in [3.8, 4) is 17.1 Å². The summed E-state index contributed by atoms with van der Waals surface area (Å²) in [4.78, 5) is 11.8. The molecule has 4 heteroatoms. The lowest BCUT2D eigenvalue weighted by Crippen LogP contribution is -2.17. The molecule has 160 valence electrons. The Labute approximate surface area is 180 Å². The number of nitrogens with one attached hydrogen (secondary N) is 2. The highest BCUT2D eigenvalue weighted by Crippen LogP contribution is 2.37. The molecule has 1 fully saturated rings. The third-order valence-corrected chi connectivity index (χ3v) is 6.17. The van der Waals surface area contributed by atoms with E-state index < -0.39 is 0 Å². The molecular formula is C26H35N3O. The number of nitrogens with zero attached hydrogens (tertiary/aromatic N) is 1. The first kappa shape index (κ1) is 20.8. The normalized spacial score (nSPS) is 19.7. The van der Waals surface area contributed by atoms with Gasteiger partial charge in [-0.15, -0.1) is 0 Å². The fourth-order valence-electron chi connectivity index (χ4n) is 4.59. The maximum Gasteiger partial charge on any atom is 0.144 e. The van der Waals surface area contributed by atoms with Gasteiger partial charge < -0.3 is 14.7 Å². The number of allylic oxidation sites excluding steroid dienone is 2. The molecule has 1 atom stereocenters. The number of hydrogen-bond donors (Lipinski definition) is 2. The number of rotatable bonds is 10. The molecule has 3 heterocycles. The van der Waals surface area contributed by atoms with Gasteiger partial charge in [0.1, 0.15) is 5.75 Å². The van der Waals surface area contributed by atoms with E-state index in [9.17, 15) is 0 Å². The van der Waals surface area contributed by atoms with E-state index in [1.54, 1.807) is 0 Å². The highest BCUT2D eigenvalue weighted by Gasteiger charge is 2.27. The fraction of sp³-hybridized carbons (Fsp3) is 0.500. The number of fused-ring (bicyclic) bond motifs is 1. The highest BCUT2D eigenvalue weighted by atomic mass is 16.5. The van der Waals surface area contributed by atoms with E-state index in [4.69, 9.17) is 9.73 Å². The molecule has 0 spiro atoms. The van der Waals surface area contributed by atoms with Gasteiger partial charge in [0.25, 0.3) is 0 Å². The van der Waals surface area contributed by atoms with Crippen molar-refractivity contribution in [2.75, 3.05) is 6.61 Å². The van der Waals surface area contributed by atoms with Crippen molar-refractivity contribution < 1.29 is 4.74 Å². The molecule has 0 aromatic carbocycles. The molecule has 1 unspecified atom stereocenters. The summed E-state index contributed by atoms with van der Waals surface area (Å²) >= 11 is 0. The van der Waals surface area contributed by atoms with Gasteiger partial charge in [-0.3, -0.25) is 4.99 Å². The van der Waals surface area contributed by atoms with E-state index in [0.717, 1.165) is 41.4 Å². The Hall–Kier alpha value is -2.49. The maximum absolute atomic E-state index is 6.03. The molecule has 2 aliphatic rings. The molecule has 0 saturated heterocycles. The molecule has 1 saturated carbocycles. The molecule has 1 aliphatic carbocycles. The Morgan fingerprint density at radius 3 is 2.90 bits per heavy atom. The van der Waals surface area contributed by atoms with Gasteiger partial charge >= 0.3 is 0 Å². The summed E-state index contributed by atoms with van der Waals surface area (Å²) in [6.07, 6.45) is 17.8. The summed E-state index contributed by atoms with van der Waals surface area (Å²) < 4.78 is 6.03. The quantitative estimate of drug-likeness (QED) is 0.401. The monoisotopic (exact) mass is 405 g/mol. The van der Waals surface area contributed by atoms with Gasteiger partial charge in [-0.25, -0.2) is 0 Å². The third-order valence-electron chi connectivity index (χ3n) is 6.17. The van der Waals surface area contributed by atoms with Crippen molar-refractivity contribution in [3.05, 3.63) is 47.4 Å². The fourth-order valence-corrected chi connectivity index (χ4v) is 4.59. The van der Waals surface area contributed by atoms with E-state index in [1.807, 2.05) is 12.3 Å². The van der Waals surface area contributed by atoms with Crippen LogP contribution in [0.1, 0.15) is 77.3 Å². The number of aromatic nitrogens is 2. The number of aliphatic imine (C=N–C) groups is 1. The summed E-state index contributed by atoms with van der Waals surface area (Å²) in [7, 11) is 0. The van der Waals surface area contributed by atoms with E-state index in [2.05, 4.69) is 48.1 Å². The minimum absolute atomic E-state index is 0.689. The van der Waals surface area contributed by atoms with Crippen LogP contribution in [0.3, 0.4) is 0 Å². The highest BCUT2D eigenvalue weighted by molar-refractivity contribution is 6.05. The second-order valence-corrected chi connectivity index (χ2v) is 8.56. The molecule has 2 N–H and O–H groups in total. The number of ether oxygens (including phenoxy) is 1. The minimum Gasteiger partial charge on any atom is -0.491 e. The lowest BCUT2D eigenvalue weighted by molar-refractivity contribution is 0.317. The molecule has 1 aliphatic heterocycles. The van der Waals surface area contributed by atoms with Gasteiger partial charge in [-0.05, 0) is 67.9 Å². The number of aromatic amines is 2. The van der Waals surface area contributed by atoms with Gasteiger partial charge in [0.05, 0.1) is 29.4 Å². The van der Waals surface area contributed by atoms with Gasteiger partial charge in [0, 0.05) is 18.0 Å². The lowest BCUT2D eigenvalue weighted by Gasteiger charge is -2.24. The van der Waals surface area contributed by atoms with Crippen LogP contribution in [0.15, 0.2) is 46.7 Å². The third kappa shape index (κ3) is 4.80. The SMILES string of the molecule is CCCCCCC1CCCC2=NC(=Cc3[nH]c(-c4ccc[nH]4)cc3OCCC)C=C21. The van der Waals surface area contributed by atoms with Crippen LogP contribution in [0.2, 0.25) is 0 Å². The van der Waals surface area contributed by atoms with Crippen LogP contribution in [0.25, 0.3) is 17.5 Å². The van der Waals surface area contributed by atoms with Crippen molar-refractivity contribution in [2.24, 2.45) is 10.9 Å². The predicted molar refractivity (Wildman–Crippen MR) is 126 cm³/mol. The van der Waals surface area contributed by atoms with Crippen LogP contribution < -0.4 is 4.74 Å². The minimum atomic E-state index is 0.689. The zero-order valence-electron chi connectivity index (χ0n) is 18.5. The molecule has 30 heavy (non-hydrogen) atoms. The molecular weight excluding hydrogens is 370 g/mol. The van der Waals surface area contributed by atoms with Gasteiger partial charge in [0.2, 0.25) is 0 Å². The summed E-state index contributed by atoms with van der Waals surface area (Å²) in [6, 6.07) is 6.17. The average molecular weight is 406 g/mol. The number of hydrogen-bond acceptors (Lipinski definition) is 2. The molecule has 0 amide bonds. The first-order valence-electron chi connectivity index (χ1n) is 11.8. The molecule has 2 aromatic rings. The Morgan fingerprint density at radius 1 is 1.17 bits per heavy atom. The summed E-state index contributed by atoms with van der Waals surface area (Å²) in [5, 5.41) is 0. The Bertz CT molecular complexity index is 914. The maximum atomic E-state index is 6.03. The smallest absolute Gasteiger partial charge is 0.144 e. The van der Waals surface area contributed by atoms with E-state index >= 15 is 0 Å². The van der Waals surface area contributed by atoms with Crippen LogP contribution in [-0.2, 0) is 0 Å². The molecule has 4 nitrogen and oxygen atoms in total. The predicted octanol–water partition coefficient (Wildman–Crippen LogP) is 7.29. The zero-order valence-corrected chi connectivity index (χ0v) is 18.5. The van der Waals surface area contributed by atoms with Gasteiger partial charge in [-0.1, -0.05) is 39.5 Å². The van der Waals surface area contributed by atoms with E-state index in [1.165, 1.54) is 56.2 Å². The topological polar surface area (TPSA) is 53.2 Å².